The number of ketones is 1. The molecule has 2 heterocycles. The first-order valence-electron chi connectivity index (χ1n) is 6.27. The number of hydrogen-bond acceptors (Lipinski definition) is 3. The lowest BCUT2D eigenvalue weighted by molar-refractivity contribution is -0.142. The fourth-order valence-corrected chi connectivity index (χ4v) is 2.06. The molecule has 4 nitrogen and oxygen atoms in total. The molecular weight excluding hydrogens is 283 g/mol. The number of alkyl halides is 3. The zero-order valence-electron chi connectivity index (χ0n) is 11.8. The van der Waals surface area contributed by atoms with Crippen molar-refractivity contribution >= 4 is 5.78 Å². The summed E-state index contributed by atoms with van der Waals surface area (Å²) in [5.41, 5.74) is 2.26. The molecule has 2 rings (SSSR count). The van der Waals surface area contributed by atoms with Gasteiger partial charge in [-0.25, -0.2) is 0 Å². The van der Waals surface area contributed by atoms with Crippen LogP contribution in [0.3, 0.4) is 0 Å². The zero-order chi connectivity index (χ0) is 15.8. The van der Waals surface area contributed by atoms with Crippen molar-refractivity contribution in [3.05, 3.63) is 35.3 Å². The molecule has 0 fully saturated rings. The SMILES string of the molecule is CC(=O)c1ccc(C)nc1-c1cn(CC(F)(F)F)nc1C. The Bertz CT molecular complexity index is 689. The van der Waals surface area contributed by atoms with Crippen molar-refractivity contribution in [2.24, 2.45) is 0 Å². The Hall–Kier alpha value is -2.18. The number of Topliss-reactive ketones (excluding diaryl/α,β-unsaturated/α-hetero) is 1. The van der Waals surface area contributed by atoms with Crippen molar-refractivity contribution in [2.75, 3.05) is 0 Å². The minimum absolute atomic E-state index is 0.194. The van der Waals surface area contributed by atoms with Crippen LogP contribution in [0.5, 0.6) is 0 Å². The number of aromatic nitrogens is 3. The van der Waals surface area contributed by atoms with Gasteiger partial charge in [0.1, 0.15) is 6.54 Å². The average molecular weight is 297 g/mol. The van der Waals surface area contributed by atoms with Gasteiger partial charge < -0.3 is 0 Å². The van der Waals surface area contributed by atoms with E-state index in [1.165, 1.54) is 13.1 Å². The number of carbonyl (C=O) groups is 1. The zero-order valence-corrected chi connectivity index (χ0v) is 11.8. The van der Waals surface area contributed by atoms with Crippen LogP contribution >= 0.6 is 0 Å². The van der Waals surface area contributed by atoms with Crippen molar-refractivity contribution in [1.29, 1.82) is 0 Å². The molecule has 0 aromatic carbocycles. The lowest BCUT2D eigenvalue weighted by Crippen LogP contribution is -2.17. The molecule has 0 N–H and O–H groups in total. The largest absolute Gasteiger partial charge is 0.408 e. The van der Waals surface area contributed by atoms with Gasteiger partial charge in [-0.3, -0.25) is 14.5 Å². The van der Waals surface area contributed by atoms with Crippen LogP contribution in [0.2, 0.25) is 0 Å². The van der Waals surface area contributed by atoms with Gasteiger partial charge in [-0.15, -0.1) is 0 Å². The van der Waals surface area contributed by atoms with E-state index in [0.717, 1.165) is 4.68 Å². The summed E-state index contributed by atoms with van der Waals surface area (Å²) in [4.78, 5) is 15.9. The van der Waals surface area contributed by atoms with Crippen LogP contribution in [-0.2, 0) is 6.54 Å². The van der Waals surface area contributed by atoms with Crippen LogP contribution in [-0.4, -0.2) is 26.7 Å². The molecule has 21 heavy (non-hydrogen) atoms. The molecule has 0 bridgehead atoms. The fourth-order valence-electron chi connectivity index (χ4n) is 2.06. The van der Waals surface area contributed by atoms with Crippen LogP contribution in [0.1, 0.15) is 28.7 Å². The number of halogens is 3. The summed E-state index contributed by atoms with van der Waals surface area (Å²) in [6, 6.07) is 3.32. The van der Waals surface area contributed by atoms with E-state index in [1.54, 1.807) is 26.0 Å². The maximum Gasteiger partial charge on any atom is 0.408 e. The normalized spacial score (nSPS) is 11.7. The Morgan fingerprint density at radius 3 is 2.52 bits per heavy atom. The molecule has 112 valence electrons. The number of hydrogen-bond donors (Lipinski definition) is 0. The van der Waals surface area contributed by atoms with Gasteiger partial charge in [-0.05, 0) is 32.9 Å². The number of pyridine rings is 1. The minimum atomic E-state index is -4.35. The number of nitrogens with zero attached hydrogens (tertiary/aromatic N) is 3. The molecule has 0 saturated heterocycles. The van der Waals surface area contributed by atoms with Gasteiger partial charge in [-0.1, -0.05) is 0 Å². The predicted octanol–water partition coefficient (Wildman–Crippen LogP) is 3.33. The molecule has 0 spiro atoms. The van der Waals surface area contributed by atoms with E-state index in [0.29, 0.717) is 28.2 Å². The summed E-state index contributed by atoms with van der Waals surface area (Å²) in [6.45, 7) is 3.57. The second kappa shape index (κ2) is 5.31. The molecular formula is C14H14F3N3O. The van der Waals surface area contributed by atoms with E-state index in [1.807, 2.05) is 0 Å². The van der Waals surface area contributed by atoms with Gasteiger partial charge in [0.25, 0.3) is 0 Å². The first kappa shape index (κ1) is 15.2. The van der Waals surface area contributed by atoms with E-state index in [2.05, 4.69) is 10.1 Å². The average Bonchev–Trinajstić information content (AvgIpc) is 2.66. The third-order valence-electron chi connectivity index (χ3n) is 2.96. The third kappa shape index (κ3) is 3.48. The lowest BCUT2D eigenvalue weighted by atomic mass is 10.0. The summed E-state index contributed by atoms with van der Waals surface area (Å²) in [7, 11) is 0. The molecule has 2 aromatic rings. The Balaban J connectivity index is 2.52. The molecule has 0 unspecified atom stereocenters. The van der Waals surface area contributed by atoms with E-state index in [9.17, 15) is 18.0 Å². The molecule has 7 heteroatoms. The number of aryl methyl sites for hydroxylation is 2. The molecule has 0 radical (unpaired) electrons. The van der Waals surface area contributed by atoms with Gasteiger partial charge in [0.2, 0.25) is 0 Å². The highest BCUT2D eigenvalue weighted by Crippen LogP contribution is 2.26. The Labute approximate surface area is 119 Å². The first-order chi connectivity index (χ1) is 9.67. The third-order valence-corrected chi connectivity index (χ3v) is 2.96. The number of rotatable bonds is 3. The second-order valence-electron chi connectivity index (χ2n) is 4.85. The monoisotopic (exact) mass is 297 g/mol. The first-order valence-corrected chi connectivity index (χ1v) is 6.27. The molecule has 2 aromatic heterocycles. The van der Waals surface area contributed by atoms with Crippen LogP contribution in [0.15, 0.2) is 18.3 Å². The van der Waals surface area contributed by atoms with Gasteiger partial charge in [0.15, 0.2) is 5.78 Å². The minimum Gasteiger partial charge on any atom is -0.294 e. The quantitative estimate of drug-likeness (QED) is 0.816. The maximum atomic E-state index is 12.4. The van der Waals surface area contributed by atoms with Gasteiger partial charge >= 0.3 is 6.18 Å². The van der Waals surface area contributed by atoms with Gasteiger partial charge in [0, 0.05) is 23.0 Å². The van der Waals surface area contributed by atoms with Crippen molar-refractivity contribution in [3.63, 3.8) is 0 Å². The van der Waals surface area contributed by atoms with E-state index in [4.69, 9.17) is 0 Å². The summed E-state index contributed by atoms with van der Waals surface area (Å²) < 4.78 is 38.1. The highest BCUT2D eigenvalue weighted by Gasteiger charge is 2.29. The highest BCUT2D eigenvalue weighted by molar-refractivity contribution is 6.00. The van der Waals surface area contributed by atoms with E-state index >= 15 is 0 Å². The Kier molecular flexibility index (Phi) is 3.85. The van der Waals surface area contributed by atoms with E-state index in [-0.39, 0.29) is 5.78 Å². The van der Waals surface area contributed by atoms with Gasteiger partial charge in [0.05, 0.1) is 11.4 Å². The van der Waals surface area contributed by atoms with Gasteiger partial charge in [-0.2, -0.15) is 18.3 Å². The topological polar surface area (TPSA) is 47.8 Å². The molecule has 0 atom stereocenters. The number of carbonyl (C=O) groups excluding carboxylic acids is 1. The van der Waals surface area contributed by atoms with Crippen LogP contribution in [0, 0.1) is 13.8 Å². The summed E-state index contributed by atoms with van der Waals surface area (Å²) in [6.07, 6.45) is -3.07. The van der Waals surface area contributed by atoms with Crippen LogP contribution in [0.25, 0.3) is 11.3 Å². The van der Waals surface area contributed by atoms with Crippen molar-refractivity contribution < 1.29 is 18.0 Å². The van der Waals surface area contributed by atoms with Crippen molar-refractivity contribution in [2.45, 2.75) is 33.5 Å². The van der Waals surface area contributed by atoms with Crippen molar-refractivity contribution in [3.8, 4) is 11.3 Å². The predicted molar refractivity (Wildman–Crippen MR) is 71.0 cm³/mol. The highest BCUT2D eigenvalue weighted by atomic mass is 19.4. The Morgan fingerprint density at radius 2 is 1.95 bits per heavy atom. The Morgan fingerprint density at radius 1 is 1.29 bits per heavy atom. The summed E-state index contributed by atoms with van der Waals surface area (Å²) in [5, 5.41) is 3.85. The summed E-state index contributed by atoms with van der Waals surface area (Å²) >= 11 is 0. The smallest absolute Gasteiger partial charge is 0.294 e. The van der Waals surface area contributed by atoms with Crippen LogP contribution in [0.4, 0.5) is 13.2 Å². The standard InChI is InChI=1S/C14H14F3N3O/c1-8-4-5-11(10(3)21)13(18-8)12-6-20(19-9(12)2)7-14(15,16)17/h4-6H,7H2,1-3H3. The summed E-state index contributed by atoms with van der Waals surface area (Å²) in [5.74, 6) is -0.194. The lowest BCUT2D eigenvalue weighted by Gasteiger charge is -2.06. The van der Waals surface area contributed by atoms with Crippen LogP contribution < -0.4 is 0 Å². The molecule has 0 amide bonds. The second-order valence-corrected chi connectivity index (χ2v) is 4.85. The van der Waals surface area contributed by atoms with E-state index < -0.39 is 12.7 Å². The fraction of sp³-hybridized carbons (Fsp3) is 0.357. The molecule has 0 aliphatic rings. The van der Waals surface area contributed by atoms with Crippen molar-refractivity contribution in [1.82, 2.24) is 14.8 Å². The molecule has 0 aliphatic carbocycles. The maximum absolute atomic E-state index is 12.4. The molecule has 0 saturated carbocycles. The molecule has 0 aliphatic heterocycles.